The van der Waals surface area contributed by atoms with Crippen LogP contribution in [0.2, 0.25) is 0 Å². The molecule has 1 aromatic heterocycles. The van der Waals surface area contributed by atoms with Crippen LogP contribution in [0.15, 0.2) is 89.8 Å². The van der Waals surface area contributed by atoms with Crippen molar-refractivity contribution in [2.24, 2.45) is 0 Å². The van der Waals surface area contributed by atoms with Gasteiger partial charge in [0.25, 0.3) is 5.91 Å². The fourth-order valence-corrected chi connectivity index (χ4v) is 4.79. The first-order chi connectivity index (χ1) is 17.3. The van der Waals surface area contributed by atoms with Crippen LogP contribution in [0.1, 0.15) is 16.1 Å². The summed E-state index contributed by atoms with van der Waals surface area (Å²) >= 11 is 0. The lowest BCUT2D eigenvalue weighted by Gasteiger charge is -2.16. The Kier molecular flexibility index (Phi) is 7.67. The molecule has 4 rings (SSSR count). The molecule has 3 aromatic carbocycles. The van der Waals surface area contributed by atoms with Crippen LogP contribution in [0.3, 0.4) is 0 Å². The van der Waals surface area contributed by atoms with E-state index in [4.69, 9.17) is 4.74 Å². The van der Waals surface area contributed by atoms with Crippen molar-refractivity contribution in [2.45, 2.75) is 17.4 Å². The Morgan fingerprint density at radius 3 is 2.33 bits per heavy atom. The van der Waals surface area contributed by atoms with Crippen molar-refractivity contribution in [3.63, 3.8) is 0 Å². The van der Waals surface area contributed by atoms with Gasteiger partial charge in [-0.1, -0.05) is 36.4 Å². The molecule has 0 saturated heterocycles. The highest BCUT2D eigenvalue weighted by Crippen LogP contribution is 2.16. The topological polar surface area (TPSA) is 138 Å². The summed E-state index contributed by atoms with van der Waals surface area (Å²) in [7, 11) is -4.06. The van der Waals surface area contributed by atoms with Crippen molar-refractivity contribution in [2.75, 3.05) is 13.2 Å². The van der Waals surface area contributed by atoms with Crippen molar-refractivity contribution >= 4 is 32.8 Å². The van der Waals surface area contributed by atoms with Gasteiger partial charge in [0.2, 0.25) is 10.0 Å². The summed E-state index contributed by atoms with van der Waals surface area (Å²) in [4.78, 5) is 27.3. The molecule has 186 valence electrons. The lowest BCUT2D eigenvalue weighted by atomic mass is 10.2. The first-order valence-electron chi connectivity index (χ1n) is 11.2. The van der Waals surface area contributed by atoms with E-state index in [-0.39, 0.29) is 10.5 Å². The number of para-hydroxylation sites is 1. The standard InChI is InChI=1S/C26H25N3O6S/c30-25(27-17-24(26(31)32)29-36(33,34)22-7-2-1-3-8-22)18-10-12-21(13-11-18)35-15-14-20-16-19-6-4-5-9-23(19)28-20/h1-13,16,24,28-29H,14-15,17H2,(H,27,30)(H,31,32)/t24-/m0/s1. The van der Waals surface area contributed by atoms with E-state index in [9.17, 15) is 23.1 Å². The van der Waals surface area contributed by atoms with Crippen LogP contribution in [-0.2, 0) is 21.2 Å². The van der Waals surface area contributed by atoms with Crippen LogP contribution in [0.25, 0.3) is 10.9 Å². The van der Waals surface area contributed by atoms with E-state index in [1.165, 1.54) is 24.3 Å². The second-order valence-electron chi connectivity index (χ2n) is 8.04. The second kappa shape index (κ2) is 11.1. The molecule has 9 nitrogen and oxygen atoms in total. The zero-order valence-electron chi connectivity index (χ0n) is 19.2. The number of aromatic nitrogens is 1. The van der Waals surface area contributed by atoms with E-state index < -0.39 is 34.5 Å². The predicted octanol–water partition coefficient (Wildman–Crippen LogP) is 2.95. The summed E-state index contributed by atoms with van der Waals surface area (Å²) in [6.07, 6.45) is 0.687. The molecule has 0 bridgehead atoms. The van der Waals surface area contributed by atoms with Gasteiger partial charge in [-0.3, -0.25) is 9.59 Å². The molecule has 0 spiro atoms. The maximum atomic E-state index is 12.5. The number of H-pyrrole nitrogens is 1. The number of fused-ring (bicyclic) bond motifs is 1. The number of carboxylic acids is 1. The van der Waals surface area contributed by atoms with E-state index in [0.717, 1.165) is 16.6 Å². The van der Waals surface area contributed by atoms with E-state index in [1.54, 1.807) is 30.3 Å². The number of hydrogen-bond acceptors (Lipinski definition) is 5. The molecular weight excluding hydrogens is 482 g/mol. The lowest BCUT2D eigenvalue weighted by molar-refractivity contribution is -0.138. The Morgan fingerprint density at radius 2 is 1.64 bits per heavy atom. The van der Waals surface area contributed by atoms with Gasteiger partial charge in [-0.2, -0.15) is 4.72 Å². The quantitative estimate of drug-likeness (QED) is 0.246. The number of benzene rings is 3. The Morgan fingerprint density at radius 1 is 0.944 bits per heavy atom. The first kappa shape index (κ1) is 25.0. The summed E-state index contributed by atoms with van der Waals surface area (Å²) in [6.45, 7) is 0.0171. The third kappa shape index (κ3) is 6.29. The fraction of sp³-hybridized carbons (Fsp3) is 0.154. The molecule has 4 N–H and O–H groups in total. The van der Waals surface area contributed by atoms with E-state index in [2.05, 4.69) is 21.1 Å². The molecule has 0 saturated carbocycles. The van der Waals surface area contributed by atoms with E-state index >= 15 is 0 Å². The SMILES string of the molecule is O=C(NC[C@H](NS(=O)(=O)c1ccccc1)C(=O)O)c1ccc(OCCc2cc3ccccc3[nH]2)cc1. The zero-order valence-corrected chi connectivity index (χ0v) is 20.0. The maximum Gasteiger partial charge on any atom is 0.323 e. The number of sulfonamides is 1. The van der Waals surface area contributed by atoms with Gasteiger partial charge in [-0.05, 0) is 53.9 Å². The Labute approximate surface area is 208 Å². The molecule has 0 radical (unpaired) electrons. The molecule has 4 aromatic rings. The number of ether oxygens (including phenoxy) is 1. The van der Waals surface area contributed by atoms with Gasteiger partial charge in [-0.25, -0.2) is 8.42 Å². The number of aromatic amines is 1. The zero-order chi connectivity index (χ0) is 25.5. The third-order valence-corrected chi connectivity index (χ3v) is 6.95. The highest BCUT2D eigenvalue weighted by atomic mass is 32.2. The molecule has 0 aliphatic heterocycles. The summed E-state index contributed by atoms with van der Waals surface area (Å²) in [5, 5.41) is 13.0. The molecule has 0 aliphatic carbocycles. The van der Waals surface area contributed by atoms with Crippen LogP contribution >= 0.6 is 0 Å². The van der Waals surface area contributed by atoms with Crippen molar-refractivity contribution < 1.29 is 27.9 Å². The highest BCUT2D eigenvalue weighted by Gasteiger charge is 2.26. The number of rotatable bonds is 11. The van der Waals surface area contributed by atoms with Gasteiger partial charge in [-0.15, -0.1) is 0 Å². The molecule has 0 aliphatic rings. The van der Waals surface area contributed by atoms with Crippen molar-refractivity contribution in [3.8, 4) is 5.75 Å². The minimum atomic E-state index is -4.06. The molecule has 10 heteroatoms. The Bertz CT molecular complexity index is 1420. The number of amides is 1. The van der Waals surface area contributed by atoms with Crippen molar-refractivity contribution in [1.82, 2.24) is 15.0 Å². The van der Waals surface area contributed by atoms with Crippen LogP contribution in [0.4, 0.5) is 0 Å². The summed E-state index contributed by atoms with van der Waals surface area (Å²) in [5.41, 5.74) is 2.41. The highest BCUT2D eigenvalue weighted by molar-refractivity contribution is 7.89. The minimum Gasteiger partial charge on any atom is -0.493 e. The summed E-state index contributed by atoms with van der Waals surface area (Å²) in [6, 6.07) is 22.4. The van der Waals surface area contributed by atoms with Gasteiger partial charge in [0.15, 0.2) is 0 Å². The Balaban J connectivity index is 1.28. The summed E-state index contributed by atoms with van der Waals surface area (Å²) in [5.74, 6) is -1.36. The molecular formula is C26H25N3O6S. The molecule has 1 amide bonds. The van der Waals surface area contributed by atoms with Crippen LogP contribution in [-0.4, -0.2) is 49.6 Å². The molecule has 1 heterocycles. The molecule has 1 atom stereocenters. The van der Waals surface area contributed by atoms with E-state index in [1.807, 2.05) is 24.3 Å². The van der Waals surface area contributed by atoms with Crippen molar-refractivity contribution in [3.05, 3.63) is 96.2 Å². The largest absolute Gasteiger partial charge is 0.493 e. The fourth-order valence-electron chi connectivity index (χ4n) is 3.58. The minimum absolute atomic E-state index is 0.0669. The van der Waals surface area contributed by atoms with Gasteiger partial charge in [0, 0.05) is 29.7 Å². The average molecular weight is 508 g/mol. The number of carbonyl (C=O) groups excluding carboxylic acids is 1. The van der Waals surface area contributed by atoms with E-state index in [0.29, 0.717) is 18.8 Å². The van der Waals surface area contributed by atoms with Gasteiger partial charge < -0.3 is 20.1 Å². The Hall–Kier alpha value is -4.15. The number of hydrogen-bond donors (Lipinski definition) is 4. The van der Waals surface area contributed by atoms with Crippen LogP contribution in [0.5, 0.6) is 5.75 Å². The second-order valence-corrected chi connectivity index (χ2v) is 9.75. The predicted molar refractivity (Wildman–Crippen MR) is 134 cm³/mol. The maximum absolute atomic E-state index is 12.5. The number of nitrogens with one attached hydrogen (secondary N) is 3. The van der Waals surface area contributed by atoms with Crippen LogP contribution < -0.4 is 14.8 Å². The van der Waals surface area contributed by atoms with Crippen molar-refractivity contribution in [1.29, 1.82) is 0 Å². The van der Waals surface area contributed by atoms with Gasteiger partial charge in [0.05, 0.1) is 11.5 Å². The normalized spacial score (nSPS) is 12.2. The van der Waals surface area contributed by atoms with Gasteiger partial charge in [0.1, 0.15) is 11.8 Å². The molecule has 0 fully saturated rings. The average Bonchev–Trinajstić information content (AvgIpc) is 3.30. The first-order valence-corrected chi connectivity index (χ1v) is 12.7. The number of carboxylic acid groups (broad SMARTS) is 1. The monoisotopic (exact) mass is 507 g/mol. The smallest absolute Gasteiger partial charge is 0.323 e. The molecule has 0 unspecified atom stereocenters. The number of carbonyl (C=O) groups is 2. The van der Waals surface area contributed by atoms with Gasteiger partial charge >= 0.3 is 5.97 Å². The number of aliphatic carboxylic acids is 1. The van der Waals surface area contributed by atoms with Crippen LogP contribution in [0, 0.1) is 0 Å². The third-order valence-electron chi connectivity index (χ3n) is 5.46. The molecule has 36 heavy (non-hydrogen) atoms. The lowest BCUT2D eigenvalue weighted by Crippen LogP contribution is -2.48. The summed E-state index contributed by atoms with van der Waals surface area (Å²) < 4.78 is 32.7.